The first-order valence-electron chi connectivity index (χ1n) is 8.19. The standard InChI is InChI=1S/C20H24FNO3/c1-12-5-7-15(8-6-12)19(14(3)25-20(23)13(2)22)17-10-9-16(21)11-18(17)24-4/h5-11,13-14,19H,22H2,1-4H3/t13-,14-,19-/m0/s1. The fraction of sp³-hybridized carbons (Fsp3) is 0.350. The third-order valence-electron chi connectivity index (χ3n) is 4.11. The van der Waals surface area contributed by atoms with E-state index in [0.717, 1.165) is 16.7 Å². The normalized spacial score (nSPS) is 14.5. The highest BCUT2D eigenvalue weighted by molar-refractivity contribution is 5.75. The molecule has 0 spiro atoms. The zero-order valence-electron chi connectivity index (χ0n) is 15.0. The molecule has 134 valence electrons. The number of halogens is 1. The van der Waals surface area contributed by atoms with Crippen molar-refractivity contribution in [1.29, 1.82) is 0 Å². The third-order valence-corrected chi connectivity index (χ3v) is 4.11. The van der Waals surface area contributed by atoms with Gasteiger partial charge in [-0.05, 0) is 32.4 Å². The van der Waals surface area contributed by atoms with Gasteiger partial charge in [0.05, 0.1) is 7.11 Å². The molecule has 0 radical (unpaired) electrons. The van der Waals surface area contributed by atoms with E-state index >= 15 is 0 Å². The Morgan fingerprint density at radius 2 is 1.76 bits per heavy atom. The van der Waals surface area contributed by atoms with Crippen molar-refractivity contribution < 1.29 is 18.7 Å². The van der Waals surface area contributed by atoms with Gasteiger partial charge in [0.25, 0.3) is 0 Å². The van der Waals surface area contributed by atoms with E-state index < -0.39 is 18.1 Å². The summed E-state index contributed by atoms with van der Waals surface area (Å²) in [5, 5.41) is 0. The van der Waals surface area contributed by atoms with Gasteiger partial charge in [0, 0.05) is 17.5 Å². The van der Waals surface area contributed by atoms with Crippen molar-refractivity contribution in [3.05, 3.63) is 65.0 Å². The summed E-state index contributed by atoms with van der Waals surface area (Å²) in [6, 6.07) is 11.6. The summed E-state index contributed by atoms with van der Waals surface area (Å²) in [6.45, 7) is 5.37. The molecule has 2 aromatic rings. The Labute approximate surface area is 147 Å². The molecule has 3 atom stereocenters. The molecule has 0 fully saturated rings. The molecule has 0 amide bonds. The summed E-state index contributed by atoms with van der Waals surface area (Å²) in [6.07, 6.45) is -0.499. The number of aryl methyl sites for hydroxylation is 1. The Kier molecular flexibility index (Phi) is 6.15. The van der Waals surface area contributed by atoms with E-state index in [1.54, 1.807) is 19.9 Å². The van der Waals surface area contributed by atoms with Crippen LogP contribution in [0, 0.1) is 12.7 Å². The minimum absolute atomic E-state index is 0.307. The predicted octanol–water partition coefficient (Wildman–Crippen LogP) is 3.55. The van der Waals surface area contributed by atoms with Crippen LogP contribution in [0.25, 0.3) is 0 Å². The molecule has 2 rings (SSSR count). The summed E-state index contributed by atoms with van der Waals surface area (Å²) in [7, 11) is 1.49. The minimum Gasteiger partial charge on any atom is -0.496 e. The molecular formula is C20H24FNO3. The maximum Gasteiger partial charge on any atom is 0.322 e. The van der Waals surface area contributed by atoms with Gasteiger partial charge >= 0.3 is 5.97 Å². The van der Waals surface area contributed by atoms with Gasteiger partial charge in [-0.2, -0.15) is 0 Å². The number of carbonyl (C=O) groups excluding carboxylic acids is 1. The molecule has 2 aromatic carbocycles. The number of benzene rings is 2. The van der Waals surface area contributed by atoms with Crippen molar-refractivity contribution in [3.8, 4) is 5.75 Å². The molecule has 2 N–H and O–H groups in total. The number of esters is 1. The zero-order chi connectivity index (χ0) is 18.6. The third kappa shape index (κ3) is 4.57. The number of nitrogens with two attached hydrogens (primary N) is 1. The topological polar surface area (TPSA) is 61.5 Å². The van der Waals surface area contributed by atoms with Crippen molar-refractivity contribution in [2.24, 2.45) is 5.73 Å². The molecule has 25 heavy (non-hydrogen) atoms. The zero-order valence-corrected chi connectivity index (χ0v) is 15.0. The van der Waals surface area contributed by atoms with Gasteiger partial charge in [-0.1, -0.05) is 35.9 Å². The van der Waals surface area contributed by atoms with Gasteiger partial charge in [0.1, 0.15) is 23.7 Å². The first-order valence-corrected chi connectivity index (χ1v) is 8.19. The average molecular weight is 345 g/mol. The number of rotatable bonds is 6. The van der Waals surface area contributed by atoms with E-state index in [2.05, 4.69) is 0 Å². The summed E-state index contributed by atoms with van der Waals surface area (Å²) in [5.41, 5.74) is 8.42. The van der Waals surface area contributed by atoms with Crippen LogP contribution in [0.5, 0.6) is 5.75 Å². The quantitative estimate of drug-likeness (QED) is 0.813. The summed E-state index contributed by atoms with van der Waals surface area (Å²) >= 11 is 0. The number of hydrogen-bond acceptors (Lipinski definition) is 4. The van der Waals surface area contributed by atoms with Crippen molar-refractivity contribution in [2.45, 2.75) is 38.8 Å². The molecule has 0 saturated heterocycles. The number of hydrogen-bond donors (Lipinski definition) is 1. The van der Waals surface area contributed by atoms with E-state index in [9.17, 15) is 9.18 Å². The van der Waals surface area contributed by atoms with E-state index in [-0.39, 0.29) is 11.7 Å². The molecule has 4 nitrogen and oxygen atoms in total. The molecule has 0 aliphatic carbocycles. The molecule has 0 aromatic heterocycles. The summed E-state index contributed by atoms with van der Waals surface area (Å²) in [5.74, 6) is -0.762. The smallest absolute Gasteiger partial charge is 0.322 e. The lowest BCUT2D eigenvalue weighted by molar-refractivity contribution is -0.150. The fourth-order valence-electron chi connectivity index (χ4n) is 2.78. The van der Waals surface area contributed by atoms with Crippen LogP contribution in [0.3, 0.4) is 0 Å². The second kappa shape index (κ2) is 8.12. The second-order valence-electron chi connectivity index (χ2n) is 6.21. The lowest BCUT2D eigenvalue weighted by Gasteiger charge is -2.27. The van der Waals surface area contributed by atoms with E-state index in [0.29, 0.717) is 5.75 Å². The Morgan fingerprint density at radius 3 is 2.32 bits per heavy atom. The van der Waals surface area contributed by atoms with Crippen molar-refractivity contribution in [2.75, 3.05) is 7.11 Å². The maximum atomic E-state index is 13.6. The van der Waals surface area contributed by atoms with Crippen LogP contribution in [0.1, 0.15) is 36.5 Å². The lowest BCUT2D eigenvalue weighted by atomic mass is 9.86. The van der Waals surface area contributed by atoms with Gasteiger partial charge < -0.3 is 15.2 Å². The summed E-state index contributed by atoms with van der Waals surface area (Å²) in [4.78, 5) is 11.9. The van der Waals surface area contributed by atoms with Gasteiger partial charge in [0.2, 0.25) is 0 Å². The molecule has 0 aliphatic rings. The summed E-state index contributed by atoms with van der Waals surface area (Å²) < 4.78 is 24.5. The fourth-order valence-corrected chi connectivity index (χ4v) is 2.78. The van der Waals surface area contributed by atoms with Gasteiger partial charge in [-0.25, -0.2) is 4.39 Å². The average Bonchev–Trinajstić information content (AvgIpc) is 2.57. The highest BCUT2D eigenvalue weighted by Crippen LogP contribution is 2.36. The van der Waals surface area contributed by atoms with Crippen molar-refractivity contribution in [1.82, 2.24) is 0 Å². The van der Waals surface area contributed by atoms with Crippen LogP contribution in [-0.2, 0) is 9.53 Å². The first kappa shape index (κ1) is 18.9. The minimum atomic E-state index is -0.712. The van der Waals surface area contributed by atoms with E-state index in [1.165, 1.54) is 19.2 Å². The SMILES string of the molecule is COc1cc(F)ccc1[C@H](c1ccc(C)cc1)[C@H](C)OC(=O)[C@H](C)N. The lowest BCUT2D eigenvalue weighted by Crippen LogP contribution is -2.33. The van der Waals surface area contributed by atoms with E-state index in [4.69, 9.17) is 15.2 Å². The highest BCUT2D eigenvalue weighted by Gasteiger charge is 2.28. The van der Waals surface area contributed by atoms with Crippen LogP contribution in [-0.4, -0.2) is 25.2 Å². The van der Waals surface area contributed by atoms with Gasteiger partial charge in [0.15, 0.2) is 0 Å². The molecule has 0 aliphatic heterocycles. The Hall–Kier alpha value is -2.40. The van der Waals surface area contributed by atoms with Crippen molar-refractivity contribution >= 4 is 5.97 Å². The Morgan fingerprint density at radius 1 is 1.12 bits per heavy atom. The molecule has 5 heteroatoms. The number of carbonyl (C=O) groups is 1. The first-order chi connectivity index (χ1) is 11.8. The van der Waals surface area contributed by atoms with E-state index in [1.807, 2.05) is 31.2 Å². The Bertz CT molecular complexity index is 728. The van der Waals surface area contributed by atoms with Crippen LogP contribution in [0.15, 0.2) is 42.5 Å². The van der Waals surface area contributed by atoms with Crippen LogP contribution < -0.4 is 10.5 Å². The van der Waals surface area contributed by atoms with Crippen LogP contribution in [0.4, 0.5) is 4.39 Å². The molecule has 0 unspecified atom stereocenters. The van der Waals surface area contributed by atoms with Gasteiger partial charge in [-0.15, -0.1) is 0 Å². The molecule has 0 bridgehead atoms. The molecular weight excluding hydrogens is 321 g/mol. The second-order valence-corrected chi connectivity index (χ2v) is 6.21. The molecule has 0 heterocycles. The largest absolute Gasteiger partial charge is 0.496 e. The predicted molar refractivity (Wildman–Crippen MR) is 95.2 cm³/mol. The number of methoxy groups -OCH3 is 1. The highest BCUT2D eigenvalue weighted by atomic mass is 19.1. The maximum absolute atomic E-state index is 13.6. The van der Waals surface area contributed by atoms with Crippen molar-refractivity contribution in [3.63, 3.8) is 0 Å². The number of ether oxygens (including phenoxy) is 2. The van der Waals surface area contributed by atoms with Crippen LogP contribution in [0.2, 0.25) is 0 Å². The Balaban J connectivity index is 2.49. The van der Waals surface area contributed by atoms with Gasteiger partial charge in [-0.3, -0.25) is 4.79 Å². The van der Waals surface area contributed by atoms with Crippen LogP contribution >= 0.6 is 0 Å². The molecule has 0 saturated carbocycles. The monoisotopic (exact) mass is 345 g/mol.